The minimum atomic E-state index is -1.36. The highest BCUT2D eigenvalue weighted by Gasteiger charge is 2.46. The number of aliphatic hydroxyl groups is 4. The van der Waals surface area contributed by atoms with Gasteiger partial charge in [-0.15, -0.1) is 0 Å². The van der Waals surface area contributed by atoms with E-state index in [1.54, 1.807) is 0 Å². The molecule has 0 spiro atoms. The summed E-state index contributed by atoms with van der Waals surface area (Å²) < 4.78 is 9.88. The average Bonchev–Trinajstić information content (AvgIpc) is 2.54. The maximum Gasteiger partial charge on any atom is 0.185 e. The fourth-order valence-corrected chi connectivity index (χ4v) is 1.53. The number of hydrogen-bond acceptors (Lipinski definition) is 7. The van der Waals surface area contributed by atoms with Gasteiger partial charge in [-0.1, -0.05) is 0 Å². The minimum Gasteiger partial charge on any atom is -0.394 e. The highest BCUT2D eigenvalue weighted by atomic mass is 16.7. The Balaban J connectivity index is 2.64. The van der Waals surface area contributed by atoms with Gasteiger partial charge in [0.25, 0.3) is 0 Å². The van der Waals surface area contributed by atoms with Crippen molar-refractivity contribution in [2.24, 2.45) is 5.73 Å². The summed E-state index contributed by atoms with van der Waals surface area (Å²) in [5, 5.41) is 36.9. The Hall–Kier alpha value is -0.280. The van der Waals surface area contributed by atoms with E-state index in [1.807, 2.05) is 0 Å². The molecule has 1 rings (SSSR count). The number of methoxy groups -OCH3 is 1. The van der Waals surface area contributed by atoms with Crippen molar-refractivity contribution in [3.63, 3.8) is 0 Å². The molecule has 0 saturated carbocycles. The van der Waals surface area contributed by atoms with Gasteiger partial charge in [0.2, 0.25) is 0 Å². The van der Waals surface area contributed by atoms with Crippen LogP contribution in [0.3, 0.4) is 0 Å². The molecule has 1 fully saturated rings. The molecule has 6 N–H and O–H groups in total. The number of hydrogen-bond donors (Lipinski definition) is 5. The Labute approximate surface area is 87.0 Å². The van der Waals surface area contributed by atoms with Crippen LogP contribution >= 0.6 is 0 Å². The molecule has 15 heavy (non-hydrogen) atoms. The number of ether oxygens (including phenoxy) is 2. The van der Waals surface area contributed by atoms with Gasteiger partial charge in [-0.3, -0.25) is 0 Å². The molecule has 0 radical (unpaired) electrons. The Morgan fingerprint density at radius 3 is 2.47 bits per heavy atom. The summed E-state index contributed by atoms with van der Waals surface area (Å²) in [6.07, 6.45) is -5.68. The fourth-order valence-electron chi connectivity index (χ4n) is 1.53. The smallest absolute Gasteiger partial charge is 0.185 e. The summed E-state index contributed by atoms with van der Waals surface area (Å²) in [7, 11) is 1.33. The zero-order chi connectivity index (χ0) is 11.6. The van der Waals surface area contributed by atoms with E-state index in [0.29, 0.717) is 0 Å². The first-order chi connectivity index (χ1) is 7.02. The molecule has 1 heterocycles. The summed E-state index contributed by atoms with van der Waals surface area (Å²) in [6, 6.07) is -0.869. The fraction of sp³-hybridized carbons (Fsp3) is 1.00. The molecule has 90 valence electrons. The highest BCUT2D eigenvalue weighted by molar-refractivity contribution is 4.95. The second-order valence-corrected chi connectivity index (χ2v) is 3.51. The summed E-state index contributed by atoms with van der Waals surface area (Å²) in [5.74, 6) is 0. The molecule has 7 nitrogen and oxygen atoms in total. The van der Waals surface area contributed by atoms with Crippen LogP contribution in [0.25, 0.3) is 0 Å². The van der Waals surface area contributed by atoms with Crippen LogP contribution in [0.1, 0.15) is 0 Å². The van der Waals surface area contributed by atoms with Crippen molar-refractivity contribution in [2.45, 2.75) is 36.7 Å². The molecule has 0 amide bonds. The van der Waals surface area contributed by atoms with Gasteiger partial charge in [0.15, 0.2) is 6.29 Å². The lowest BCUT2D eigenvalue weighted by molar-refractivity contribution is -0.175. The second-order valence-electron chi connectivity index (χ2n) is 3.51. The monoisotopic (exact) mass is 223 g/mol. The molecule has 1 aliphatic heterocycles. The van der Waals surface area contributed by atoms with E-state index in [2.05, 4.69) is 0 Å². The van der Waals surface area contributed by atoms with Crippen molar-refractivity contribution in [3.05, 3.63) is 0 Å². The molecule has 6 atom stereocenters. The van der Waals surface area contributed by atoms with Crippen molar-refractivity contribution in [2.75, 3.05) is 13.7 Å². The zero-order valence-electron chi connectivity index (χ0n) is 8.35. The molecule has 0 aromatic carbocycles. The molecular weight excluding hydrogens is 206 g/mol. The van der Waals surface area contributed by atoms with Crippen molar-refractivity contribution in [1.82, 2.24) is 0 Å². The van der Waals surface area contributed by atoms with Crippen LogP contribution in [0.15, 0.2) is 0 Å². The van der Waals surface area contributed by atoms with Gasteiger partial charge >= 0.3 is 0 Å². The summed E-state index contributed by atoms with van der Waals surface area (Å²) in [5.41, 5.74) is 5.57. The quantitative estimate of drug-likeness (QED) is 0.339. The predicted molar refractivity (Wildman–Crippen MR) is 48.8 cm³/mol. The summed E-state index contributed by atoms with van der Waals surface area (Å²) >= 11 is 0. The summed E-state index contributed by atoms with van der Waals surface area (Å²) in [4.78, 5) is 0. The van der Waals surface area contributed by atoms with E-state index in [-0.39, 0.29) is 0 Å². The van der Waals surface area contributed by atoms with Crippen LogP contribution in [0, 0.1) is 0 Å². The van der Waals surface area contributed by atoms with E-state index in [1.165, 1.54) is 7.11 Å². The Morgan fingerprint density at radius 1 is 1.47 bits per heavy atom. The Morgan fingerprint density at radius 2 is 2.07 bits per heavy atom. The normalized spacial score (nSPS) is 40.4. The highest BCUT2D eigenvalue weighted by Crippen LogP contribution is 2.23. The van der Waals surface area contributed by atoms with Gasteiger partial charge in [-0.05, 0) is 0 Å². The maximum absolute atomic E-state index is 9.54. The molecule has 0 bridgehead atoms. The molecule has 0 aromatic rings. The van der Waals surface area contributed by atoms with Gasteiger partial charge < -0.3 is 35.6 Å². The van der Waals surface area contributed by atoms with Gasteiger partial charge in [-0.2, -0.15) is 0 Å². The molecule has 1 saturated heterocycles. The topological polar surface area (TPSA) is 125 Å². The Kier molecular flexibility index (Phi) is 4.41. The van der Waals surface area contributed by atoms with Crippen molar-refractivity contribution in [3.8, 4) is 0 Å². The minimum absolute atomic E-state index is 0.610. The molecule has 0 aliphatic carbocycles. The second kappa shape index (κ2) is 5.17. The van der Waals surface area contributed by atoms with Crippen molar-refractivity contribution >= 4 is 0 Å². The van der Waals surface area contributed by atoms with Crippen molar-refractivity contribution in [1.29, 1.82) is 0 Å². The van der Waals surface area contributed by atoms with Crippen molar-refractivity contribution < 1.29 is 29.9 Å². The zero-order valence-corrected chi connectivity index (χ0v) is 8.35. The third kappa shape index (κ3) is 2.45. The largest absolute Gasteiger partial charge is 0.394 e. The lowest BCUT2D eigenvalue weighted by Crippen LogP contribution is -2.50. The first-order valence-corrected chi connectivity index (χ1v) is 4.61. The van der Waals surface area contributed by atoms with Crippen LogP contribution < -0.4 is 5.73 Å². The van der Waals surface area contributed by atoms with E-state index < -0.39 is 43.4 Å². The predicted octanol–water partition coefficient (Wildman–Crippen LogP) is -3.24. The first-order valence-electron chi connectivity index (χ1n) is 4.61. The van der Waals surface area contributed by atoms with E-state index in [0.717, 1.165) is 0 Å². The van der Waals surface area contributed by atoms with E-state index in [4.69, 9.17) is 20.3 Å². The van der Waals surface area contributed by atoms with Crippen LogP contribution in [0.4, 0.5) is 0 Å². The molecule has 1 aliphatic rings. The third-order valence-corrected chi connectivity index (χ3v) is 2.49. The van der Waals surface area contributed by atoms with E-state index >= 15 is 0 Å². The molecule has 0 aromatic heterocycles. The van der Waals surface area contributed by atoms with Crippen LogP contribution in [-0.4, -0.2) is 70.9 Å². The first kappa shape index (κ1) is 12.8. The SMILES string of the molecule is CO[C@H]1O[C@@H]([C@@H](O)[C@H](O)CO)[C@H](N)[C@@H]1O. The lowest BCUT2D eigenvalue weighted by Gasteiger charge is -2.24. The molecule has 7 heteroatoms. The third-order valence-electron chi connectivity index (χ3n) is 2.49. The van der Waals surface area contributed by atoms with Gasteiger partial charge in [0.1, 0.15) is 24.4 Å². The molecular formula is C8H17NO6. The standard InChI is InChI=1S/C8H17NO6/c1-14-8-6(13)4(9)7(15-8)5(12)3(11)2-10/h3-8,10-13H,2,9H2,1H3/t3-,4-,5+,6+,7-,8+/m1/s1. The van der Waals surface area contributed by atoms with Crippen LogP contribution in [0.2, 0.25) is 0 Å². The summed E-state index contributed by atoms with van der Waals surface area (Å²) in [6.45, 7) is -0.610. The Bertz CT molecular complexity index is 204. The average molecular weight is 223 g/mol. The van der Waals surface area contributed by atoms with Gasteiger partial charge in [-0.25, -0.2) is 0 Å². The lowest BCUT2D eigenvalue weighted by atomic mass is 10.0. The molecule has 0 unspecified atom stereocenters. The number of nitrogens with two attached hydrogens (primary N) is 1. The number of rotatable bonds is 4. The maximum atomic E-state index is 9.54. The number of aliphatic hydroxyl groups excluding tert-OH is 4. The van der Waals surface area contributed by atoms with Crippen LogP contribution in [0.5, 0.6) is 0 Å². The van der Waals surface area contributed by atoms with Gasteiger partial charge in [0, 0.05) is 7.11 Å². The van der Waals surface area contributed by atoms with E-state index in [9.17, 15) is 15.3 Å². The van der Waals surface area contributed by atoms with Crippen LogP contribution in [-0.2, 0) is 9.47 Å². The van der Waals surface area contributed by atoms with Gasteiger partial charge in [0.05, 0.1) is 12.6 Å².